The normalized spacial score (nSPS) is 11.9. The van der Waals surface area contributed by atoms with Crippen LogP contribution in [0.2, 0.25) is 0 Å². The lowest BCUT2D eigenvalue weighted by atomic mass is 10.1. The van der Waals surface area contributed by atoms with Gasteiger partial charge >= 0.3 is 0 Å². The fourth-order valence-corrected chi connectivity index (χ4v) is 2.45. The Morgan fingerprint density at radius 2 is 2.21 bits per heavy atom. The van der Waals surface area contributed by atoms with Crippen LogP contribution in [0.1, 0.15) is 24.9 Å². The molecule has 0 aliphatic heterocycles. The molecule has 4 nitrogen and oxygen atoms in total. The van der Waals surface area contributed by atoms with Gasteiger partial charge in [0.2, 0.25) is 0 Å². The highest BCUT2D eigenvalue weighted by Crippen LogP contribution is 2.29. The molecule has 104 valence electrons. The fraction of sp³-hybridized carbons (Fsp3) is 0.500. The summed E-state index contributed by atoms with van der Waals surface area (Å²) >= 11 is 3.58. The minimum atomic E-state index is 0.0110. The first-order valence-corrected chi connectivity index (χ1v) is 7.05. The van der Waals surface area contributed by atoms with Gasteiger partial charge in [-0.3, -0.25) is 0 Å². The van der Waals surface area contributed by atoms with Gasteiger partial charge in [0.1, 0.15) is 0 Å². The first-order valence-electron chi connectivity index (χ1n) is 6.26. The fourth-order valence-electron chi connectivity index (χ4n) is 1.80. The van der Waals surface area contributed by atoms with Crippen LogP contribution in [0.25, 0.3) is 0 Å². The van der Waals surface area contributed by atoms with Crippen molar-refractivity contribution in [2.24, 2.45) is 5.73 Å². The van der Waals surface area contributed by atoms with E-state index in [-0.39, 0.29) is 6.04 Å². The lowest BCUT2D eigenvalue weighted by Crippen LogP contribution is -2.28. The molecule has 2 N–H and O–H groups in total. The molecule has 0 aromatic heterocycles. The largest absolute Gasteiger partial charge is 0.383 e. The van der Waals surface area contributed by atoms with Crippen molar-refractivity contribution in [1.29, 1.82) is 5.26 Å². The Morgan fingerprint density at radius 3 is 2.74 bits per heavy atom. The van der Waals surface area contributed by atoms with E-state index < -0.39 is 0 Å². The molecule has 0 fully saturated rings. The molecular formula is C14H20BrN3O. The van der Waals surface area contributed by atoms with Gasteiger partial charge in [-0.1, -0.05) is 6.07 Å². The lowest BCUT2D eigenvalue weighted by molar-refractivity contribution is 0.205. The van der Waals surface area contributed by atoms with Crippen LogP contribution in [0.5, 0.6) is 0 Å². The van der Waals surface area contributed by atoms with E-state index in [4.69, 9.17) is 15.7 Å². The summed E-state index contributed by atoms with van der Waals surface area (Å²) < 4.78 is 6.11. The summed E-state index contributed by atoms with van der Waals surface area (Å²) in [6.07, 6.45) is 0.491. The smallest absolute Gasteiger partial charge is 0.0640 e. The summed E-state index contributed by atoms with van der Waals surface area (Å²) in [5.41, 5.74) is 8.02. The van der Waals surface area contributed by atoms with Gasteiger partial charge in [-0.25, -0.2) is 0 Å². The number of anilines is 1. The van der Waals surface area contributed by atoms with E-state index in [2.05, 4.69) is 26.9 Å². The Kier molecular flexibility index (Phi) is 6.85. The summed E-state index contributed by atoms with van der Waals surface area (Å²) in [7, 11) is 1.68. The van der Waals surface area contributed by atoms with Crippen molar-refractivity contribution in [2.45, 2.75) is 19.4 Å². The van der Waals surface area contributed by atoms with Crippen molar-refractivity contribution in [3.05, 3.63) is 28.2 Å². The zero-order chi connectivity index (χ0) is 14.3. The van der Waals surface area contributed by atoms with Gasteiger partial charge in [0.25, 0.3) is 0 Å². The number of ether oxygens (including phenoxy) is 1. The van der Waals surface area contributed by atoms with Gasteiger partial charge in [0, 0.05) is 30.7 Å². The number of methoxy groups -OCH3 is 1. The third-order valence-corrected chi connectivity index (χ3v) is 3.53. The molecule has 0 saturated carbocycles. The van der Waals surface area contributed by atoms with Crippen molar-refractivity contribution >= 4 is 21.6 Å². The average Bonchev–Trinajstić information content (AvgIpc) is 2.39. The second kappa shape index (κ2) is 8.16. The predicted octanol–water partition coefficient (Wildman–Crippen LogP) is 2.84. The summed E-state index contributed by atoms with van der Waals surface area (Å²) in [6, 6.07) is 8.28. The van der Waals surface area contributed by atoms with E-state index in [1.54, 1.807) is 7.11 Å². The molecule has 19 heavy (non-hydrogen) atoms. The Bertz CT molecular complexity index is 443. The van der Waals surface area contributed by atoms with Crippen LogP contribution >= 0.6 is 15.9 Å². The zero-order valence-electron chi connectivity index (χ0n) is 11.4. The maximum Gasteiger partial charge on any atom is 0.0640 e. The van der Waals surface area contributed by atoms with Crippen LogP contribution in [0.3, 0.4) is 0 Å². The van der Waals surface area contributed by atoms with Crippen LogP contribution < -0.4 is 10.6 Å². The minimum Gasteiger partial charge on any atom is -0.383 e. The van der Waals surface area contributed by atoms with Crippen LogP contribution in [0.4, 0.5) is 5.69 Å². The monoisotopic (exact) mass is 325 g/mol. The Balaban J connectivity index is 2.91. The third-order valence-electron chi connectivity index (χ3n) is 2.90. The standard InChI is InChI=1S/C14H20BrN3O/c1-11(17)12-4-5-14(13(15)10-12)18(7-3-6-16)8-9-19-2/h4-5,10-11H,3,7-9,17H2,1-2H3/t11-/m0/s1. The molecule has 1 aromatic rings. The molecule has 0 aliphatic rings. The first-order chi connectivity index (χ1) is 9.10. The number of hydrogen-bond acceptors (Lipinski definition) is 4. The van der Waals surface area contributed by atoms with Gasteiger partial charge < -0.3 is 15.4 Å². The van der Waals surface area contributed by atoms with Crippen LogP contribution in [-0.2, 0) is 4.74 Å². The number of benzene rings is 1. The number of rotatable bonds is 7. The van der Waals surface area contributed by atoms with E-state index in [0.717, 1.165) is 22.3 Å². The summed E-state index contributed by atoms with van der Waals surface area (Å²) in [5, 5.41) is 8.74. The summed E-state index contributed by atoms with van der Waals surface area (Å²) in [5.74, 6) is 0. The van der Waals surface area contributed by atoms with E-state index in [9.17, 15) is 0 Å². The molecule has 1 rings (SSSR count). The second-order valence-corrected chi connectivity index (χ2v) is 5.24. The molecule has 5 heteroatoms. The van der Waals surface area contributed by atoms with Crippen molar-refractivity contribution in [1.82, 2.24) is 0 Å². The van der Waals surface area contributed by atoms with Gasteiger partial charge in [-0.2, -0.15) is 5.26 Å². The molecule has 0 saturated heterocycles. The van der Waals surface area contributed by atoms with Crippen LogP contribution in [0, 0.1) is 11.3 Å². The van der Waals surface area contributed by atoms with Crippen molar-refractivity contribution in [3.63, 3.8) is 0 Å². The number of hydrogen-bond donors (Lipinski definition) is 1. The number of nitrogens with zero attached hydrogens (tertiary/aromatic N) is 2. The maximum atomic E-state index is 8.74. The molecule has 0 radical (unpaired) electrons. The highest BCUT2D eigenvalue weighted by molar-refractivity contribution is 9.10. The quantitative estimate of drug-likeness (QED) is 0.837. The highest BCUT2D eigenvalue weighted by Gasteiger charge is 2.11. The van der Waals surface area contributed by atoms with Gasteiger partial charge in [-0.05, 0) is 40.5 Å². The SMILES string of the molecule is COCCN(CCC#N)c1ccc([C@H](C)N)cc1Br. The maximum absolute atomic E-state index is 8.74. The van der Waals surface area contributed by atoms with Crippen molar-refractivity contribution < 1.29 is 4.74 Å². The molecule has 0 spiro atoms. The lowest BCUT2D eigenvalue weighted by Gasteiger charge is -2.25. The van der Waals surface area contributed by atoms with Crippen molar-refractivity contribution in [3.8, 4) is 6.07 Å². The number of nitrogens with two attached hydrogens (primary N) is 1. The van der Waals surface area contributed by atoms with Crippen molar-refractivity contribution in [2.75, 3.05) is 31.7 Å². The highest BCUT2D eigenvalue weighted by atomic mass is 79.9. The number of halogens is 1. The average molecular weight is 326 g/mol. The van der Waals surface area contributed by atoms with E-state index >= 15 is 0 Å². The molecule has 0 aliphatic carbocycles. The predicted molar refractivity (Wildman–Crippen MR) is 81.1 cm³/mol. The Hall–Kier alpha value is -1.09. The second-order valence-electron chi connectivity index (χ2n) is 4.39. The van der Waals surface area contributed by atoms with E-state index in [1.165, 1.54) is 0 Å². The first kappa shape index (κ1) is 16.0. The van der Waals surface area contributed by atoms with Gasteiger partial charge in [-0.15, -0.1) is 0 Å². The topological polar surface area (TPSA) is 62.3 Å². The summed E-state index contributed by atoms with van der Waals surface area (Å²) in [4.78, 5) is 2.14. The van der Waals surface area contributed by atoms with Crippen LogP contribution in [0.15, 0.2) is 22.7 Å². The minimum absolute atomic E-state index is 0.0110. The molecule has 0 bridgehead atoms. The van der Waals surface area contributed by atoms with Gasteiger partial charge in [0.15, 0.2) is 0 Å². The Morgan fingerprint density at radius 1 is 1.47 bits per heavy atom. The number of nitriles is 1. The Labute approximate surface area is 123 Å². The van der Waals surface area contributed by atoms with Gasteiger partial charge in [0.05, 0.1) is 24.8 Å². The molecule has 0 heterocycles. The van der Waals surface area contributed by atoms with Crippen LogP contribution in [-0.4, -0.2) is 26.8 Å². The molecule has 0 unspecified atom stereocenters. The zero-order valence-corrected chi connectivity index (χ0v) is 13.0. The molecule has 0 amide bonds. The molecular weight excluding hydrogens is 306 g/mol. The van der Waals surface area contributed by atoms with E-state index in [0.29, 0.717) is 19.6 Å². The molecule has 1 atom stereocenters. The summed E-state index contributed by atoms with van der Waals surface area (Å²) in [6.45, 7) is 4.04. The third kappa shape index (κ3) is 4.83. The molecule has 1 aromatic carbocycles. The van der Waals surface area contributed by atoms with E-state index in [1.807, 2.05) is 25.1 Å².